The van der Waals surface area contributed by atoms with Gasteiger partial charge in [0.15, 0.2) is 0 Å². The van der Waals surface area contributed by atoms with E-state index in [1.54, 1.807) is 12.1 Å². The van der Waals surface area contributed by atoms with Crippen LogP contribution in [-0.2, 0) is 0 Å². The van der Waals surface area contributed by atoms with Gasteiger partial charge in [-0.05, 0) is 24.5 Å². The second kappa shape index (κ2) is 6.18. The quantitative estimate of drug-likeness (QED) is 0.716. The number of rotatable bonds is 5. The summed E-state index contributed by atoms with van der Waals surface area (Å²) in [6.07, 6.45) is 0.758. The molecule has 0 aliphatic rings. The Morgan fingerprint density at radius 2 is 2.00 bits per heavy atom. The lowest BCUT2D eigenvalue weighted by atomic mass is 10.1. The van der Waals surface area contributed by atoms with Gasteiger partial charge in [-0.3, -0.25) is 0 Å². The van der Waals surface area contributed by atoms with Crippen LogP contribution in [0.1, 0.15) is 13.3 Å². The Bertz CT molecular complexity index is 358. The van der Waals surface area contributed by atoms with E-state index < -0.39 is 0 Å². The second-order valence-corrected chi connectivity index (χ2v) is 4.67. The van der Waals surface area contributed by atoms with Gasteiger partial charge in [0.25, 0.3) is 0 Å². The molecule has 4 N–H and O–H groups in total. The Labute approximate surface area is 106 Å². The summed E-state index contributed by atoms with van der Waals surface area (Å²) in [6.45, 7) is 2.99. The van der Waals surface area contributed by atoms with Crippen LogP contribution in [0.5, 0.6) is 0 Å². The number of nitrogens with two attached hydrogens (primary N) is 1. The summed E-state index contributed by atoms with van der Waals surface area (Å²) < 4.78 is 0. The highest BCUT2D eigenvalue weighted by Crippen LogP contribution is 2.30. The molecule has 90 valence electrons. The fourth-order valence-electron chi connectivity index (χ4n) is 1.32. The van der Waals surface area contributed by atoms with Crippen molar-refractivity contribution in [2.24, 2.45) is 5.92 Å². The zero-order valence-electron chi connectivity index (χ0n) is 9.13. The lowest BCUT2D eigenvalue weighted by Gasteiger charge is -2.14. The number of nitrogens with one attached hydrogen (secondary N) is 1. The van der Waals surface area contributed by atoms with E-state index >= 15 is 0 Å². The van der Waals surface area contributed by atoms with Crippen molar-refractivity contribution in [3.63, 3.8) is 0 Å². The summed E-state index contributed by atoms with van der Waals surface area (Å²) in [4.78, 5) is 0. The third-order valence-corrected chi connectivity index (χ3v) is 3.08. The van der Waals surface area contributed by atoms with Crippen LogP contribution in [0.25, 0.3) is 0 Å². The van der Waals surface area contributed by atoms with Gasteiger partial charge in [0.05, 0.1) is 21.4 Å². The highest BCUT2D eigenvalue weighted by molar-refractivity contribution is 6.42. The maximum absolute atomic E-state index is 8.78. The van der Waals surface area contributed by atoms with Gasteiger partial charge in [-0.15, -0.1) is 0 Å². The van der Waals surface area contributed by atoms with Crippen LogP contribution in [0.3, 0.4) is 0 Å². The largest absolute Gasteiger partial charge is 0.397 e. The van der Waals surface area contributed by atoms with Gasteiger partial charge in [0.2, 0.25) is 0 Å². The Morgan fingerprint density at radius 3 is 2.62 bits per heavy atom. The third kappa shape index (κ3) is 3.74. The van der Waals surface area contributed by atoms with Crippen molar-refractivity contribution in [3.8, 4) is 0 Å². The standard InChI is InChI=1S/C11H16Cl2N2O/c1-7(2-3-16)6-15-11-5-9(13)8(12)4-10(11)14/h4-5,7,15-16H,2-3,6,14H2,1H3. The Balaban J connectivity index is 2.63. The number of hydrogen-bond donors (Lipinski definition) is 3. The van der Waals surface area contributed by atoms with Crippen LogP contribution in [0, 0.1) is 5.92 Å². The molecule has 16 heavy (non-hydrogen) atoms. The molecule has 0 heterocycles. The molecule has 0 aliphatic heterocycles. The molecule has 1 aromatic carbocycles. The molecule has 0 fully saturated rings. The molecule has 0 aliphatic carbocycles. The number of halogens is 2. The molecule has 0 saturated carbocycles. The second-order valence-electron chi connectivity index (χ2n) is 3.85. The van der Waals surface area contributed by atoms with Gasteiger partial charge >= 0.3 is 0 Å². The van der Waals surface area contributed by atoms with Crippen LogP contribution in [-0.4, -0.2) is 18.3 Å². The molecule has 0 radical (unpaired) electrons. The van der Waals surface area contributed by atoms with Gasteiger partial charge in [0, 0.05) is 13.2 Å². The molecule has 0 amide bonds. The van der Waals surface area contributed by atoms with Crippen LogP contribution in [0.4, 0.5) is 11.4 Å². The molecule has 0 bridgehead atoms. The van der Waals surface area contributed by atoms with Gasteiger partial charge < -0.3 is 16.2 Å². The average molecular weight is 263 g/mol. The number of nitrogen functional groups attached to an aromatic ring is 1. The minimum absolute atomic E-state index is 0.194. The monoisotopic (exact) mass is 262 g/mol. The summed E-state index contributed by atoms with van der Waals surface area (Å²) in [5.74, 6) is 0.374. The van der Waals surface area contributed by atoms with Gasteiger partial charge in [-0.1, -0.05) is 30.1 Å². The molecule has 5 heteroatoms. The van der Waals surface area contributed by atoms with E-state index in [-0.39, 0.29) is 6.61 Å². The van der Waals surface area contributed by atoms with Crippen molar-refractivity contribution in [1.82, 2.24) is 0 Å². The van der Waals surface area contributed by atoms with Gasteiger partial charge in [-0.25, -0.2) is 0 Å². The van der Waals surface area contributed by atoms with E-state index in [1.807, 2.05) is 0 Å². The van der Waals surface area contributed by atoms with Gasteiger partial charge in [0.1, 0.15) is 0 Å². The first-order valence-corrected chi connectivity index (χ1v) is 5.89. The van der Waals surface area contributed by atoms with Crippen molar-refractivity contribution >= 4 is 34.6 Å². The first-order chi connectivity index (χ1) is 7.54. The van der Waals surface area contributed by atoms with E-state index in [2.05, 4.69) is 12.2 Å². The number of benzene rings is 1. The molecule has 1 rings (SSSR count). The number of hydrogen-bond acceptors (Lipinski definition) is 3. The topological polar surface area (TPSA) is 58.3 Å². The zero-order chi connectivity index (χ0) is 12.1. The van der Waals surface area contributed by atoms with Crippen molar-refractivity contribution in [3.05, 3.63) is 22.2 Å². The van der Waals surface area contributed by atoms with E-state index in [1.165, 1.54) is 0 Å². The summed E-state index contributed by atoms with van der Waals surface area (Å²) >= 11 is 11.7. The summed E-state index contributed by atoms with van der Waals surface area (Å²) in [5.41, 5.74) is 7.15. The summed E-state index contributed by atoms with van der Waals surface area (Å²) in [5, 5.41) is 12.9. The fourth-order valence-corrected chi connectivity index (χ4v) is 1.66. The minimum atomic E-state index is 0.194. The van der Waals surface area contributed by atoms with E-state index in [9.17, 15) is 0 Å². The highest BCUT2D eigenvalue weighted by atomic mass is 35.5. The first-order valence-electron chi connectivity index (χ1n) is 5.13. The van der Waals surface area contributed by atoms with E-state index in [4.69, 9.17) is 34.0 Å². The molecule has 3 nitrogen and oxygen atoms in total. The maximum Gasteiger partial charge on any atom is 0.0614 e. The zero-order valence-corrected chi connectivity index (χ0v) is 10.6. The van der Waals surface area contributed by atoms with Crippen LogP contribution in [0.15, 0.2) is 12.1 Å². The number of aliphatic hydroxyl groups is 1. The molecule has 0 saturated heterocycles. The summed E-state index contributed by atoms with van der Waals surface area (Å²) in [7, 11) is 0. The third-order valence-electron chi connectivity index (χ3n) is 2.36. The molecule has 1 atom stereocenters. The normalized spacial score (nSPS) is 12.5. The smallest absolute Gasteiger partial charge is 0.0614 e. The Kier molecular flexibility index (Phi) is 5.19. The van der Waals surface area contributed by atoms with E-state index in [0.29, 0.717) is 21.7 Å². The molecule has 0 spiro atoms. The lowest BCUT2D eigenvalue weighted by molar-refractivity contribution is 0.266. The molecular weight excluding hydrogens is 247 g/mol. The Hall–Kier alpha value is -0.640. The van der Waals surface area contributed by atoms with Crippen molar-refractivity contribution < 1.29 is 5.11 Å². The van der Waals surface area contributed by atoms with Gasteiger partial charge in [-0.2, -0.15) is 0 Å². The SMILES string of the molecule is CC(CCO)CNc1cc(Cl)c(Cl)cc1N. The van der Waals surface area contributed by atoms with Crippen molar-refractivity contribution in [2.75, 3.05) is 24.2 Å². The lowest BCUT2D eigenvalue weighted by Crippen LogP contribution is -2.13. The average Bonchev–Trinajstić information content (AvgIpc) is 2.22. The van der Waals surface area contributed by atoms with Crippen molar-refractivity contribution in [1.29, 1.82) is 0 Å². The molecule has 0 aromatic heterocycles. The molecule has 1 unspecified atom stereocenters. The maximum atomic E-state index is 8.78. The minimum Gasteiger partial charge on any atom is -0.397 e. The number of aliphatic hydroxyl groups excluding tert-OH is 1. The molecule has 1 aromatic rings. The predicted molar refractivity (Wildman–Crippen MR) is 70.2 cm³/mol. The first kappa shape index (κ1) is 13.4. The summed E-state index contributed by atoms with van der Waals surface area (Å²) in [6, 6.07) is 3.34. The Morgan fingerprint density at radius 1 is 1.38 bits per heavy atom. The van der Waals surface area contributed by atoms with Crippen LogP contribution < -0.4 is 11.1 Å². The number of anilines is 2. The van der Waals surface area contributed by atoms with Crippen molar-refractivity contribution in [2.45, 2.75) is 13.3 Å². The van der Waals surface area contributed by atoms with E-state index in [0.717, 1.165) is 18.7 Å². The van der Waals surface area contributed by atoms with Crippen LogP contribution in [0.2, 0.25) is 10.0 Å². The highest BCUT2D eigenvalue weighted by Gasteiger charge is 2.06. The predicted octanol–water partition coefficient (Wildman–Crippen LogP) is 3.01. The molecular formula is C11H16Cl2N2O. The van der Waals surface area contributed by atoms with Crippen LogP contribution >= 0.6 is 23.2 Å². The fraction of sp³-hybridized carbons (Fsp3) is 0.455.